The zero-order chi connectivity index (χ0) is 15.4. The number of nitrogens with zero attached hydrogens (tertiary/aromatic N) is 1. The van der Waals surface area contributed by atoms with E-state index < -0.39 is 0 Å². The molecule has 1 aliphatic rings. The first-order chi connectivity index (χ1) is 10.0. The third-order valence-electron chi connectivity index (χ3n) is 3.77. The van der Waals surface area contributed by atoms with Gasteiger partial charge in [-0.05, 0) is 31.5 Å². The summed E-state index contributed by atoms with van der Waals surface area (Å²) in [5.74, 6) is -0.615. The Labute approximate surface area is 123 Å². The van der Waals surface area contributed by atoms with Gasteiger partial charge in [-0.3, -0.25) is 14.5 Å². The molecule has 1 amide bonds. The highest BCUT2D eigenvalue weighted by Gasteiger charge is 2.26. The van der Waals surface area contributed by atoms with Crippen molar-refractivity contribution in [2.45, 2.75) is 12.8 Å². The van der Waals surface area contributed by atoms with Crippen molar-refractivity contribution in [2.24, 2.45) is 5.92 Å². The van der Waals surface area contributed by atoms with Crippen LogP contribution in [0.1, 0.15) is 23.2 Å². The van der Waals surface area contributed by atoms with E-state index >= 15 is 0 Å². The minimum atomic E-state index is -0.222. The second-order valence-electron chi connectivity index (χ2n) is 5.31. The zero-order valence-corrected chi connectivity index (χ0v) is 12.0. The fourth-order valence-corrected chi connectivity index (χ4v) is 2.66. The first-order valence-electron chi connectivity index (χ1n) is 7.00. The highest BCUT2D eigenvalue weighted by atomic mass is 16.3. The third kappa shape index (κ3) is 3.72. The number of Topliss-reactive ketones (excluding diaryl/α,β-unsaturated/α-hetero) is 1. The van der Waals surface area contributed by atoms with Crippen LogP contribution in [0.2, 0.25) is 0 Å². The molecular weight excluding hydrogens is 272 g/mol. The number of hydrogen-bond donors (Lipinski definition) is 3. The van der Waals surface area contributed by atoms with Gasteiger partial charge in [0.05, 0.1) is 18.0 Å². The van der Waals surface area contributed by atoms with Gasteiger partial charge in [-0.25, -0.2) is 0 Å². The summed E-state index contributed by atoms with van der Waals surface area (Å²) < 4.78 is 0. The number of phenolic OH excluding ortho intramolecular Hbond substituents is 2. The summed E-state index contributed by atoms with van der Waals surface area (Å²) in [5.41, 5.74) is 0.190. The van der Waals surface area contributed by atoms with Gasteiger partial charge < -0.3 is 15.5 Å². The van der Waals surface area contributed by atoms with E-state index in [0.29, 0.717) is 6.54 Å². The largest absolute Gasteiger partial charge is 0.508 e. The zero-order valence-electron chi connectivity index (χ0n) is 12.0. The number of aromatic hydroxyl groups is 2. The lowest BCUT2D eigenvalue weighted by atomic mass is 9.96. The van der Waals surface area contributed by atoms with Crippen LogP contribution in [0.25, 0.3) is 0 Å². The molecule has 1 saturated heterocycles. The van der Waals surface area contributed by atoms with E-state index in [1.54, 1.807) is 7.05 Å². The number of hydrogen-bond acceptors (Lipinski definition) is 5. The van der Waals surface area contributed by atoms with Crippen molar-refractivity contribution >= 4 is 11.7 Å². The van der Waals surface area contributed by atoms with Gasteiger partial charge in [-0.1, -0.05) is 0 Å². The van der Waals surface area contributed by atoms with Gasteiger partial charge in [0, 0.05) is 19.7 Å². The highest BCUT2D eigenvalue weighted by Crippen LogP contribution is 2.24. The Balaban J connectivity index is 2.00. The average molecular weight is 292 g/mol. The van der Waals surface area contributed by atoms with Gasteiger partial charge in [-0.15, -0.1) is 0 Å². The maximum absolute atomic E-state index is 12.2. The molecule has 0 aliphatic carbocycles. The first kappa shape index (κ1) is 15.3. The lowest BCUT2D eigenvalue weighted by Gasteiger charge is -2.31. The molecule has 1 atom stereocenters. The molecule has 6 heteroatoms. The van der Waals surface area contributed by atoms with Gasteiger partial charge in [0.1, 0.15) is 11.5 Å². The molecule has 114 valence electrons. The number of carbonyl (C=O) groups excluding carboxylic acids is 2. The van der Waals surface area contributed by atoms with Crippen LogP contribution in [0.4, 0.5) is 0 Å². The Kier molecular flexibility index (Phi) is 4.80. The number of phenols is 2. The van der Waals surface area contributed by atoms with Gasteiger partial charge in [0.2, 0.25) is 5.91 Å². The molecule has 1 aromatic carbocycles. The van der Waals surface area contributed by atoms with Gasteiger partial charge in [-0.2, -0.15) is 0 Å². The number of nitrogens with one attached hydrogen (secondary N) is 1. The van der Waals surface area contributed by atoms with Crippen LogP contribution in [0.5, 0.6) is 11.5 Å². The van der Waals surface area contributed by atoms with Crippen molar-refractivity contribution in [1.29, 1.82) is 0 Å². The van der Waals surface area contributed by atoms with Crippen LogP contribution in [-0.2, 0) is 4.79 Å². The van der Waals surface area contributed by atoms with E-state index in [1.165, 1.54) is 12.1 Å². The third-order valence-corrected chi connectivity index (χ3v) is 3.77. The van der Waals surface area contributed by atoms with Crippen LogP contribution >= 0.6 is 0 Å². The Morgan fingerprint density at radius 2 is 2.14 bits per heavy atom. The van der Waals surface area contributed by atoms with E-state index in [9.17, 15) is 19.8 Å². The molecule has 0 spiro atoms. The van der Waals surface area contributed by atoms with E-state index in [0.717, 1.165) is 25.5 Å². The summed E-state index contributed by atoms with van der Waals surface area (Å²) in [4.78, 5) is 25.8. The van der Waals surface area contributed by atoms with Crippen LogP contribution in [0, 0.1) is 5.92 Å². The Morgan fingerprint density at radius 1 is 1.38 bits per heavy atom. The predicted octanol–water partition coefficient (Wildman–Crippen LogP) is 0.738. The van der Waals surface area contributed by atoms with Crippen molar-refractivity contribution in [2.75, 3.05) is 26.7 Å². The molecule has 6 nitrogen and oxygen atoms in total. The quantitative estimate of drug-likeness (QED) is 0.712. The average Bonchev–Trinajstić information content (AvgIpc) is 2.46. The van der Waals surface area contributed by atoms with Crippen LogP contribution < -0.4 is 5.32 Å². The van der Waals surface area contributed by atoms with Gasteiger partial charge in [0.25, 0.3) is 0 Å². The molecule has 21 heavy (non-hydrogen) atoms. The second kappa shape index (κ2) is 6.58. The SMILES string of the molecule is CNC(=O)C1CCCN(CC(=O)c2ccc(O)cc2O)C1. The molecule has 2 rings (SSSR count). The number of ketones is 1. The van der Waals surface area contributed by atoms with Crippen LogP contribution in [0.3, 0.4) is 0 Å². The number of amides is 1. The maximum atomic E-state index is 12.2. The molecular formula is C15H20N2O4. The monoisotopic (exact) mass is 292 g/mol. The summed E-state index contributed by atoms with van der Waals surface area (Å²) >= 11 is 0. The van der Waals surface area contributed by atoms with E-state index in [4.69, 9.17) is 0 Å². The van der Waals surface area contributed by atoms with Crippen molar-refractivity contribution in [1.82, 2.24) is 10.2 Å². The molecule has 1 aliphatic heterocycles. The molecule has 1 fully saturated rings. The lowest BCUT2D eigenvalue weighted by Crippen LogP contribution is -2.44. The smallest absolute Gasteiger partial charge is 0.224 e. The fraction of sp³-hybridized carbons (Fsp3) is 0.467. The molecule has 0 bridgehead atoms. The molecule has 0 saturated carbocycles. The van der Waals surface area contributed by atoms with E-state index in [2.05, 4.69) is 5.32 Å². The number of likely N-dealkylation sites (tertiary alicyclic amines) is 1. The minimum Gasteiger partial charge on any atom is -0.508 e. The molecule has 0 aromatic heterocycles. The number of rotatable bonds is 4. The van der Waals surface area contributed by atoms with Crippen LogP contribution in [-0.4, -0.2) is 53.5 Å². The Hall–Kier alpha value is -2.08. The second-order valence-corrected chi connectivity index (χ2v) is 5.31. The summed E-state index contributed by atoms with van der Waals surface area (Å²) in [6.07, 6.45) is 1.70. The Bertz CT molecular complexity index is 544. The van der Waals surface area contributed by atoms with Crippen molar-refractivity contribution in [3.63, 3.8) is 0 Å². The molecule has 3 N–H and O–H groups in total. The summed E-state index contributed by atoms with van der Waals surface area (Å²) in [5, 5.41) is 21.6. The molecule has 0 radical (unpaired) electrons. The summed E-state index contributed by atoms with van der Waals surface area (Å²) in [7, 11) is 1.61. The molecule has 1 heterocycles. The number of benzene rings is 1. The number of carbonyl (C=O) groups is 2. The normalized spacial score (nSPS) is 19.2. The topological polar surface area (TPSA) is 89.9 Å². The molecule has 1 aromatic rings. The van der Waals surface area contributed by atoms with E-state index in [1.807, 2.05) is 4.90 Å². The number of piperidine rings is 1. The lowest BCUT2D eigenvalue weighted by molar-refractivity contribution is -0.126. The maximum Gasteiger partial charge on any atom is 0.224 e. The molecule has 1 unspecified atom stereocenters. The van der Waals surface area contributed by atoms with Crippen molar-refractivity contribution in [3.05, 3.63) is 23.8 Å². The van der Waals surface area contributed by atoms with Crippen LogP contribution in [0.15, 0.2) is 18.2 Å². The van der Waals surface area contributed by atoms with Gasteiger partial charge in [0.15, 0.2) is 5.78 Å². The fourth-order valence-electron chi connectivity index (χ4n) is 2.66. The summed E-state index contributed by atoms with van der Waals surface area (Å²) in [6, 6.07) is 3.93. The standard InChI is InChI=1S/C15H20N2O4/c1-16-15(21)10-3-2-6-17(8-10)9-14(20)12-5-4-11(18)7-13(12)19/h4-5,7,10,18-19H,2-3,6,8-9H2,1H3,(H,16,21). The Morgan fingerprint density at radius 3 is 2.81 bits per heavy atom. The van der Waals surface area contributed by atoms with Gasteiger partial charge >= 0.3 is 0 Å². The summed E-state index contributed by atoms with van der Waals surface area (Å²) in [6.45, 7) is 1.47. The first-order valence-corrected chi connectivity index (χ1v) is 7.00. The van der Waals surface area contributed by atoms with E-state index in [-0.39, 0.29) is 41.2 Å². The van der Waals surface area contributed by atoms with Crippen molar-refractivity contribution in [3.8, 4) is 11.5 Å². The minimum absolute atomic E-state index is 0.000343. The predicted molar refractivity (Wildman–Crippen MR) is 77.3 cm³/mol. The van der Waals surface area contributed by atoms with Crippen molar-refractivity contribution < 1.29 is 19.8 Å². The highest BCUT2D eigenvalue weighted by molar-refractivity contribution is 6.00.